The van der Waals surface area contributed by atoms with Crippen LogP contribution in [0.1, 0.15) is 27.7 Å². The van der Waals surface area contributed by atoms with E-state index in [4.69, 9.17) is 0 Å². The van der Waals surface area contributed by atoms with Crippen LogP contribution in [0.3, 0.4) is 0 Å². The summed E-state index contributed by atoms with van der Waals surface area (Å²) in [5.74, 6) is -62.1. The minimum atomic E-state index is -8.65. The van der Waals surface area contributed by atoms with Crippen LogP contribution in [0.25, 0.3) is 11.1 Å². The van der Waals surface area contributed by atoms with Gasteiger partial charge in [0.25, 0.3) is 0 Å². The summed E-state index contributed by atoms with van der Waals surface area (Å²) in [7, 11) is 0.712. The summed E-state index contributed by atoms with van der Waals surface area (Å²) in [6.07, 6.45) is -5.46. The van der Waals surface area contributed by atoms with Crippen molar-refractivity contribution in [2.45, 2.75) is 68.2 Å². The van der Waals surface area contributed by atoms with Crippen molar-refractivity contribution in [2.75, 3.05) is 12.4 Å². The van der Waals surface area contributed by atoms with Crippen molar-refractivity contribution < 1.29 is 84.6 Å². The van der Waals surface area contributed by atoms with Gasteiger partial charge in [-0.15, -0.1) is 11.3 Å². The third kappa shape index (κ3) is 5.57. The number of esters is 1. The lowest BCUT2D eigenvalue weighted by Gasteiger charge is -2.42. The number of alkyl halides is 16. The van der Waals surface area contributed by atoms with Crippen LogP contribution in [0.15, 0.2) is 24.3 Å². The average molecular weight is 703 g/mol. The molecule has 45 heavy (non-hydrogen) atoms. The maximum atomic E-state index is 14.5. The lowest BCUT2D eigenvalue weighted by atomic mass is 9.89. The van der Waals surface area contributed by atoms with E-state index in [2.05, 4.69) is 4.74 Å². The highest BCUT2D eigenvalue weighted by Gasteiger charge is 2.94. The van der Waals surface area contributed by atoms with Gasteiger partial charge in [0.2, 0.25) is 0 Å². The van der Waals surface area contributed by atoms with Crippen LogP contribution < -0.4 is 5.32 Å². The van der Waals surface area contributed by atoms with Crippen molar-refractivity contribution in [3.8, 4) is 11.1 Å². The van der Waals surface area contributed by atoms with Gasteiger partial charge in [-0.1, -0.05) is 31.2 Å². The number of carbonyl (C=O) groups is 2. The Labute approximate surface area is 245 Å². The first kappa shape index (κ1) is 37.9. The predicted molar refractivity (Wildman–Crippen MR) is 124 cm³/mol. The highest BCUT2D eigenvalue weighted by atomic mass is 32.1. The number of thiophene rings is 1. The number of nitrogens with one attached hydrogen (secondary N) is 1. The number of halogens is 16. The van der Waals surface area contributed by atoms with E-state index in [9.17, 15) is 79.8 Å². The molecule has 0 saturated carbocycles. The number of hydrogen-bond acceptors (Lipinski definition) is 4. The summed E-state index contributed by atoms with van der Waals surface area (Å²) >= 11 is 0.150. The second kappa shape index (κ2) is 11.8. The van der Waals surface area contributed by atoms with Crippen LogP contribution in [0, 0.1) is 6.92 Å². The number of benzene rings is 1. The van der Waals surface area contributed by atoms with Crippen molar-refractivity contribution in [3.63, 3.8) is 0 Å². The van der Waals surface area contributed by atoms with Crippen LogP contribution in [-0.2, 0) is 16.0 Å². The number of rotatable bonds is 12. The van der Waals surface area contributed by atoms with Gasteiger partial charge in [-0.2, -0.15) is 61.5 Å². The third-order valence-electron chi connectivity index (χ3n) is 6.30. The molecule has 1 N–H and O–H groups in total. The highest BCUT2D eigenvalue weighted by Crippen LogP contribution is 2.63. The van der Waals surface area contributed by atoms with Crippen LogP contribution in [0.5, 0.6) is 0 Å². The molecule has 254 valence electrons. The number of amides is 1. The van der Waals surface area contributed by atoms with Gasteiger partial charge in [0, 0.05) is 10.4 Å². The van der Waals surface area contributed by atoms with E-state index >= 15 is 0 Å². The molecule has 2 aromatic rings. The fraction of sp³-hybridized carbons (Fsp3) is 0.500. The number of ether oxygens (including phenoxy) is 1. The van der Waals surface area contributed by atoms with Crippen molar-refractivity contribution in [1.82, 2.24) is 0 Å². The van der Waals surface area contributed by atoms with E-state index in [1.54, 1.807) is 6.92 Å². The number of hydrogen-bond donors (Lipinski definition) is 1. The first-order valence-electron chi connectivity index (χ1n) is 11.7. The SMILES string of the molecule is CCc1ccc(-c2c(C)sc(NC(=O)C(F)(F)C(F)(F)C(F)(F)C(F)(F)C(F)(F)C(F)(F)C(F)(F)C(F)F)c2C(=O)OC)cc1. The van der Waals surface area contributed by atoms with E-state index in [0.717, 1.165) is 10.9 Å². The molecule has 0 saturated heterocycles. The first-order chi connectivity index (χ1) is 20.1. The zero-order valence-corrected chi connectivity index (χ0v) is 23.1. The Morgan fingerprint density at radius 1 is 0.778 bits per heavy atom. The molecule has 1 amide bonds. The largest absolute Gasteiger partial charge is 0.465 e. The first-order valence-corrected chi connectivity index (χ1v) is 12.5. The second-order valence-electron chi connectivity index (χ2n) is 9.10. The van der Waals surface area contributed by atoms with Gasteiger partial charge in [-0.3, -0.25) is 4.79 Å². The fourth-order valence-corrected chi connectivity index (χ4v) is 4.70. The molecule has 1 heterocycles. The fourth-order valence-electron chi connectivity index (χ4n) is 3.64. The maximum Gasteiger partial charge on any atom is 0.393 e. The van der Waals surface area contributed by atoms with Crippen molar-refractivity contribution >= 4 is 28.2 Å². The van der Waals surface area contributed by atoms with E-state index in [1.807, 2.05) is 0 Å². The molecule has 0 atom stereocenters. The summed E-state index contributed by atoms with van der Waals surface area (Å²) in [5.41, 5.74) is -0.206. The van der Waals surface area contributed by atoms with Gasteiger partial charge >= 0.3 is 59.8 Å². The van der Waals surface area contributed by atoms with Crippen LogP contribution in [-0.4, -0.2) is 66.9 Å². The van der Waals surface area contributed by atoms with Gasteiger partial charge in [0.1, 0.15) is 10.6 Å². The summed E-state index contributed by atoms with van der Waals surface area (Å²) in [6.45, 7) is 2.92. The molecule has 4 nitrogen and oxygen atoms in total. The number of aryl methyl sites for hydroxylation is 2. The molecule has 0 radical (unpaired) electrons. The molecule has 21 heteroatoms. The molecule has 0 bridgehead atoms. The Kier molecular flexibility index (Phi) is 9.97. The molecule has 1 aromatic heterocycles. The molecule has 2 rings (SSSR count). The highest BCUT2D eigenvalue weighted by molar-refractivity contribution is 7.17. The van der Waals surface area contributed by atoms with Crippen molar-refractivity contribution in [2.24, 2.45) is 0 Å². The average Bonchev–Trinajstić information content (AvgIpc) is 3.26. The minimum absolute atomic E-state index is 0.0521. The van der Waals surface area contributed by atoms with Gasteiger partial charge in [0.05, 0.1) is 7.11 Å². The maximum absolute atomic E-state index is 14.5. The summed E-state index contributed by atoms with van der Waals surface area (Å²) in [6, 6.07) is 5.76. The zero-order chi connectivity index (χ0) is 35.4. The Balaban J connectivity index is 2.63. The monoisotopic (exact) mass is 703 g/mol. The third-order valence-corrected chi connectivity index (χ3v) is 7.32. The quantitative estimate of drug-likeness (QED) is 0.178. The van der Waals surface area contributed by atoms with Gasteiger partial charge in [0.15, 0.2) is 0 Å². The predicted octanol–water partition coefficient (Wildman–Crippen LogP) is 8.72. The smallest absolute Gasteiger partial charge is 0.393 e. The Bertz CT molecular complexity index is 1420. The molecule has 0 aliphatic carbocycles. The molecular formula is C24H17F16NO3S. The number of anilines is 1. The zero-order valence-electron chi connectivity index (χ0n) is 22.3. The van der Waals surface area contributed by atoms with Crippen LogP contribution >= 0.6 is 11.3 Å². The van der Waals surface area contributed by atoms with Gasteiger partial charge in [-0.25, -0.2) is 13.6 Å². The Morgan fingerprint density at radius 2 is 1.22 bits per heavy atom. The molecule has 0 fully saturated rings. The minimum Gasteiger partial charge on any atom is -0.465 e. The van der Waals surface area contributed by atoms with E-state index in [0.29, 0.717) is 13.5 Å². The molecule has 0 aliphatic heterocycles. The summed E-state index contributed by atoms with van der Waals surface area (Å²) < 4.78 is 223. The molecular weight excluding hydrogens is 686 g/mol. The van der Waals surface area contributed by atoms with Crippen LogP contribution in [0.4, 0.5) is 75.2 Å². The van der Waals surface area contributed by atoms with Gasteiger partial charge in [-0.05, 0) is 24.5 Å². The van der Waals surface area contributed by atoms with E-state index in [-0.39, 0.29) is 27.3 Å². The lowest BCUT2D eigenvalue weighted by Crippen LogP contribution is -2.74. The standard InChI is InChI=1S/C24H17F16NO3S/c1-4-10-5-7-11(8-6-10)12-9(2)45-14(13(12)15(42)44-3)41-17(43)19(29,30)21(33,34)23(37,38)24(39,40)22(35,36)20(31,32)18(27,28)16(25)26/h5-8,16H,4H2,1-3H3,(H,41,43). The molecule has 0 spiro atoms. The Hall–Kier alpha value is -3.26. The van der Waals surface area contributed by atoms with E-state index in [1.165, 1.54) is 31.2 Å². The van der Waals surface area contributed by atoms with Crippen molar-refractivity contribution in [3.05, 3.63) is 40.3 Å². The summed E-state index contributed by atoms with van der Waals surface area (Å²) in [4.78, 5) is 24.5. The van der Waals surface area contributed by atoms with Gasteiger partial charge < -0.3 is 10.1 Å². The summed E-state index contributed by atoms with van der Waals surface area (Å²) in [5, 5.41) is -0.282. The Morgan fingerprint density at radius 3 is 1.64 bits per heavy atom. The molecule has 1 aromatic carbocycles. The second-order valence-corrected chi connectivity index (χ2v) is 10.3. The topological polar surface area (TPSA) is 55.4 Å². The normalized spacial score (nSPS) is 14.1. The van der Waals surface area contributed by atoms with Crippen molar-refractivity contribution in [1.29, 1.82) is 0 Å². The molecule has 0 aliphatic rings. The van der Waals surface area contributed by atoms with E-state index < -0.39 is 70.3 Å². The lowest BCUT2D eigenvalue weighted by molar-refractivity contribution is -0.443. The van der Waals surface area contributed by atoms with Crippen LogP contribution in [0.2, 0.25) is 0 Å². The number of methoxy groups -OCH3 is 1. The number of carbonyl (C=O) groups excluding carboxylic acids is 2. The molecule has 0 unspecified atom stereocenters.